The van der Waals surface area contributed by atoms with E-state index in [9.17, 15) is 4.79 Å². The second kappa shape index (κ2) is 2.76. The van der Waals surface area contributed by atoms with Crippen molar-refractivity contribution in [2.75, 3.05) is 0 Å². The van der Waals surface area contributed by atoms with Crippen LogP contribution in [0.5, 0.6) is 5.75 Å². The second-order valence-electron chi connectivity index (χ2n) is 3.49. The molecule has 2 unspecified atom stereocenters. The van der Waals surface area contributed by atoms with Gasteiger partial charge in [0.15, 0.2) is 0 Å². The summed E-state index contributed by atoms with van der Waals surface area (Å²) in [5.74, 6) is -0.0972. The number of fused-ring (bicyclic) bond motifs is 3. The van der Waals surface area contributed by atoms with E-state index < -0.39 is 12.3 Å². The van der Waals surface area contributed by atoms with E-state index in [1.807, 2.05) is 24.3 Å². The smallest absolute Gasteiger partial charge is 0.341 e. The number of benzene rings is 1. The Balaban J connectivity index is 2.13. The molecule has 15 heavy (non-hydrogen) atoms. The van der Waals surface area contributed by atoms with Gasteiger partial charge < -0.3 is 14.6 Å². The average Bonchev–Trinajstić information content (AvgIpc) is 2.72. The maximum atomic E-state index is 11.3. The zero-order valence-corrected chi connectivity index (χ0v) is 7.71. The number of hydrogen-bond donors (Lipinski definition) is 1. The highest BCUT2D eigenvalue weighted by Gasteiger charge is 2.48. The molecule has 0 radical (unpaired) electrons. The fourth-order valence-corrected chi connectivity index (χ4v) is 2.02. The van der Waals surface area contributed by atoms with Crippen molar-refractivity contribution >= 4 is 5.97 Å². The Kier molecular flexibility index (Phi) is 1.54. The van der Waals surface area contributed by atoms with Crippen LogP contribution < -0.4 is 4.74 Å². The molecule has 1 fully saturated rings. The molecule has 0 amide bonds. The minimum atomic E-state index is -0.617. The molecule has 2 heterocycles. The predicted octanol–water partition coefficient (Wildman–Crippen LogP) is 1.49. The number of aliphatic hydroxyl groups excluding tert-OH is 1. The molecule has 4 nitrogen and oxygen atoms in total. The van der Waals surface area contributed by atoms with Gasteiger partial charge in [-0.05, 0) is 6.07 Å². The Morgan fingerprint density at radius 2 is 2.07 bits per heavy atom. The molecule has 2 aliphatic heterocycles. The molecule has 76 valence electrons. The van der Waals surface area contributed by atoms with Crippen LogP contribution in [0.1, 0.15) is 11.5 Å². The molecular weight excluding hydrogens is 196 g/mol. The van der Waals surface area contributed by atoms with Crippen molar-refractivity contribution in [2.24, 2.45) is 0 Å². The van der Waals surface area contributed by atoms with Crippen molar-refractivity contribution in [3.8, 4) is 5.75 Å². The number of hydrogen-bond acceptors (Lipinski definition) is 4. The largest absolute Gasteiger partial charge is 0.515 e. The van der Waals surface area contributed by atoms with Crippen LogP contribution in [-0.4, -0.2) is 17.4 Å². The summed E-state index contributed by atoms with van der Waals surface area (Å²) in [6.45, 7) is 0. The monoisotopic (exact) mass is 204 g/mol. The number of ether oxygens (including phenoxy) is 2. The first-order chi connectivity index (χ1) is 7.31. The van der Waals surface area contributed by atoms with Gasteiger partial charge in [-0.3, -0.25) is 0 Å². The third-order valence-electron chi connectivity index (χ3n) is 2.70. The maximum Gasteiger partial charge on any atom is 0.341 e. The van der Waals surface area contributed by atoms with Crippen LogP contribution in [-0.2, 0) is 9.53 Å². The van der Waals surface area contributed by atoms with Crippen molar-refractivity contribution < 1.29 is 19.4 Å². The summed E-state index contributed by atoms with van der Waals surface area (Å²) in [6, 6.07) is 7.40. The van der Waals surface area contributed by atoms with E-state index >= 15 is 0 Å². The number of carbonyl (C=O) groups is 1. The van der Waals surface area contributed by atoms with Crippen LogP contribution in [0.25, 0.3) is 0 Å². The Morgan fingerprint density at radius 3 is 2.87 bits per heavy atom. The summed E-state index contributed by atoms with van der Waals surface area (Å²) in [5.41, 5.74) is 1.14. The molecule has 0 aromatic heterocycles. The lowest BCUT2D eigenvalue weighted by Crippen LogP contribution is -2.14. The fraction of sp³-hybridized carbons (Fsp3) is 0.182. The van der Waals surface area contributed by atoms with Gasteiger partial charge in [-0.25, -0.2) is 4.79 Å². The molecule has 2 aliphatic rings. The molecule has 1 saturated heterocycles. The van der Waals surface area contributed by atoms with Crippen molar-refractivity contribution in [1.29, 1.82) is 0 Å². The normalized spacial score (nSPS) is 29.6. The third-order valence-corrected chi connectivity index (χ3v) is 2.70. The summed E-state index contributed by atoms with van der Waals surface area (Å²) in [5, 5.41) is 8.99. The van der Waals surface area contributed by atoms with Crippen LogP contribution >= 0.6 is 0 Å². The fourth-order valence-electron chi connectivity index (χ4n) is 2.02. The minimum Gasteiger partial charge on any atom is -0.515 e. The van der Waals surface area contributed by atoms with Gasteiger partial charge in [0.25, 0.3) is 6.29 Å². The molecule has 0 aliphatic carbocycles. The Bertz CT molecular complexity index is 463. The van der Waals surface area contributed by atoms with Crippen molar-refractivity contribution in [1.82, 2.24) is 0 Å². The highest BCUT2D eigenvalue weighted by molar-refractivity contribution is 5.93. The first kappa shape index (κ1) is 8.35. The van der Waals surface area contributed by atoms with Gasteiger partial charge in [0.05, 0.1) is 17.8 Å². The van der Waals surface area contributed by atoms with Gasteiger partial charge >= 0.3 is 5.97 Å². The SMILES string of the molecule is O=C1OC2Oc3ccccc3C2/C1=C\O. The molecule has 0 saturated carbocycles. The topological polar surface area (TPSA) is 55.8 Å². The van der Waals surface area contributed by atoms with Crippen LogP contribution in [0.4, 0.5) is 0 Å². The van der Waals surface area contributed by atoms with E-state index in [4.69, 9.17) is 14.6 Å². The summed E-state index contributed by atoms with van der Waals surface area (Å²) in [4.78, 5) is 11.3. The molecular formula is C11H8O4. The van der Waals surface area contributed by atoms with Crippen molar-refractivity contribution in [3.05, 3.63) is 41.7 Å². The van der Waals surface area contributed by atoms with Crippen LogP contribution in [0.3, 0.4) is 0 Å². The summed E-state index contributed by atoms with van der Waals surface area (Å²) < 4.78 is 10.4. The van der Waals surface area contributed by atoms with Gasteiger partial charge in [0.2, 0.25) is 0 Å². The Hall–Kier alpha value is -1.97. The van der Waals surface area contributed by atoms with Crippen LogP contribution in [0, 0.1) is 0 Å². The molecule has 1 aromatic rings. The number of para-hydroxylation sites is 1. The number of esters is 1. The zero-order valence-electron chi connectivity index (χ0n) is 7.71. The summed E-state index contributed by atoms with van der Waals surface area (Å²) in [6.07, 6.45) is 0.187. The number of carbonyl (C=O) groups excluding carboxylic acids is 1. The van der Waals surface area contributed by atoms with Gasteiger partial charge in [0, 0.05) is 5.56 Å². The van der Waals surface area contributed by atoms with E-state index in [0.29, 0.717) is 5.75 Å². The Labute approximate surface area is 85.7 Å². The number of aliphatic hydroxyl groups is 1. The highest BCUT2D eigenvalue weighted by atomic mass is 16.7. The van der Waals surface area contributed by atoms with Gasteiger partial charge in [-0.2, -0.15) is 0 Å². The lowest BCUT2D eigenvalue weighted by Gasteiger charge is -2.05. The average molecular weight is 204 g/mol. The molecule has 4 heteroatoms. The van der Waals surface area contributed by atoms with Gasteiger partial charge in [-0.15, -0.1) is 0 Å². The van der Waals surface area contributed by atoms with E-state index in [1.165, 1.54) is 0 Å². The second-order valence-corrected chi connectivity index (χ2v) is 3.49. The molecule has 3 rings (SSSR count). The third kappa shape index (κ3) is 0.986. The molecule has 2 atom stereocenters. The van der Waals surface area contributed by atoms with Crippen molar-refractivity contribution in [2.45, 2.75) is 12.2 Å². The quantitative estimate of drug-likeness (QED) is 0.395. The van der Waals surface area contributed by atoms with Gasteiger partial charge in [0.1, 0.15) is 5.75 Å². The van der Waals surface area contributed by atoms with E-state index in [2.05, 4.69) is 0 Å². The maximum absolute atomic E-state index is 11.3. The van der Waals surface area contributed by atoms with Crippen LogP contribution in [0.2, 0.25) is 0 Å². The van der Waals surface area contributed by atoms with E-state index in [-0.39, 0.29) is 11.5 Å². The lowest BCUT2D eigenvalue weighted by molar-refractivity contribution is -0.148. The highest BCUT2D eigenvalue weighted by Crippen LogP contribution is 2.46. The molecule has 0 bridgehead atoms. The predicted molar refractivity (Wildman–Crippen MR) is 50.4 cm³/mol. The molecule has 1 aromatic carbocycles. The molecule has 0 spiro atoms. The minimum absolute atomic E-state index is 0.255. The molecule has 1 N–H and O–H groups in total. The lowest BCUT2D eigenvalue weighted by atomic mass is 9.95. The Morgan fingerprint density at radius 1 is 1.27 bits per heavy atom. The van der Waals surface area contributed by atoms with E-state index in [0.717, 1.165) is 11.8 Å². The first-order valence-electron chi connectivity index (χ1n) is 4.62. The number of rotatable bonds is 0. The van der Waals surface area contributed by atoms with E-state index in [1.54, 1.807) is 0 Å². The van der Waals surface area contributed by atoms with Crippen molar-refractivity contribution in [3.63, 3.8) is 0 Å². The standard InChI is InChI=1S/C11H8O4/c12-5-7-9-6-3-1-2-4-8(6)14-11(9)15-10(7)13/h1-5,9,11-12H/b7-5+. The zero-order chi connectivity index (χ0) is 10.4. The first-order valence-corrected chi connectivity index (χ1v) is 4.62. The van der Waals surface area contributed by atoms with Crippen LogP contribution in [0.15, 0.2) is 36.1 Å². The summed E-state index contributed by atoms with van der Waals surface area (Å²) >= 11 is 0. The summed E-state index contributed by atoms with van der Waals surface area (Å²) in [7, 11) is 0. The van der Waals surface area contributed by atoms with Gasteiger partial charge in [-0.1, -0.05) is 18.2 Å².